The molecule has 232 valence electrons. The van der Waals surface area contributed by atoms with Crippen LogP contribution in [0.1, 0.15) is 13.8 Å². The van der Waals surface area contributed by atoms with Crippen molar-refractivity contribution in [2.75, 3.05) is 55.8 Å². The Morgan fingerprint density at radius 1 is 0.955 bits per heavy atom. The molecular weight excluding hydrogens is 582 g/mol. The smallest absolute Gasteiger partial charge is 0.263 e. The molecule has 0 aliphatic carbocycles. The molecule has 44 heavy (non-hydrogen) atoms. The molecule has 0 saturated carbocycles. The number of hydrogen-bond donors (Lipinski definition) is 4. The van der Waals surface area contributed by atoms with Crippen LogP contribution in [0, 0.1) is 5.92 Å². The topological polar surface area (TPSA) is 147 Å². The van der Waals surface area contributed by atoms with Crippen LogP contribution in [0.25, 0.3) is 11.0 Å². The number of aromatic nitrogens is 2. The van der Waals surface area contributed by atoms with Crippen LogP contribution in [0.4, 0.5) is 23.0 Å². The van der Waals surface area contributed by atoms with E-state index < -0.39 is 10.0 Å². The second-order valence-electron chi connectivity index (χ2n) is 10.8. The van der Waals surface area contributed by atoms with E-state index in [-0.39, 0.29) is 35.0 Å². The average molecular weight is 620 g/mol. The first-order chi connectivity index (χ1) is 21.1. The van der Waals surface area contributed by atoms with Crippen molar-refractivity contribution in [3.63, 3.8) is 0 Å². The van der Waals surface area contributed by atoms with Crippen LogP contribution in [0.2, 0.25) is 0 Å². The summed E-state index contributed by atoms with van der Waals surface area (Å²) in [6.45, 7) is 6.90. The minimum absolute atomic E-state index is 0.00152. The number of para-hydroxylation sites is 2. The highest BCUT2D eigenvalue weighted by molar-refractivity contribution is 7.92. The Balaban J connectivity index is 1.39. The average Bonchev–Trinajstić information content (AvgIpc) is 3.01. The fourth-order valence-electron chi connectivity index (χ4n) is 5.11. The summed E-state index contributed by atoms with van der Waals surface area (Å²) in [5, 5.41) is 9.38. The number of carbonyl (C=O) groups is 1. The number of nitrogens with zero attached hydrogens (tertiary/aromatic N) is 3. The molecule has 4 N–H and O–H groups in total. The SMILES string of the molecule is COc1cc(Nc2nc3ccccc3nc2NS(=O)(=O)c2cccc(NC(=O)CN3CCNCC3C(C)C)c2)cc(OC)c1. The largest absolute Gasteiger partial charge is 0.497 e. The Hall–Kier alpha value is -4.46. The van der Waals surface area contributed by atoms with Crippen LogP contribution in [-0.4, -0.2) is 75.6 Å². The molecule has 1 aliphatic rings. The van der Waals surface area contributed by atoms with Gasteiger partial charge in [-0.3, -0.25) is 14.4 Å². The second kappa shape index (κ2) is 13.5. The van der Waals surface area contributed by atoms with Crippen LogP contribution in [0.15, 0.2) is 71.6 Å². The number of nitrogens with one attached hydrogen (secondary N) is 4. The summed E-state index contributed by atoms with van der Waals surface area (Å²) in [7, 11) is -1.06. The fourth-order valence-corrected chi connectivity index (χ4v) is 6.16. The highest BCUT2D eigenvalue weighted by atomic mass is 32.2. The molecule has 3 aromatic carbocycles. The second-order valence-corrected chi connectivity index (χ2v) is 12.5. The number of anilines is 4. The van der Waals surface area contributed by atoms with E-state index in [0.29, 0.717) is 39.8 Å². The normalized spacial score (nSPS) is 15.6. The van der Waals surface area contributed by atoms with Crippen molar-refractivity contribution in [3.8, 4) is 11.5 Å². The maximum atomic E-state index is 13.6. The Morgan fingerprint density at radius 2 is 1.64 bits per heavy atom. The van der Waals surface area contributed by atoms with Gasteiger partial charge < -0.3 is 25.4 Å². The van der Waals surface area contributed by atoms with Crippen LogP contribution in [0.5, 0.6) is 11.5 Å². The van der Waals surface area contributed by atoms with Crippen LogP contribution < -0.4 is 30.1 Å². The summed E-state index contributed by atoms with van der Waals surface area (Å²) in [6.07, 6.45) is 0. The number of benzene rings is 3. The molecule has 13 heteroatoms. The zero-order chi connectivity index (χ0) is 31.3. The number of fused-ring (bicyclic) bond motifs is 1. The van der Waals surface area contributed by atoms with Crippen molar-refractivity contribution in [2.24, 2.45) is 5.92 Å². The first-order valence-electron chi connectivity index (χ1n) is 14.3. The van der Waals surface area contributed by atoms with E-state index in [1.54, 1.807) is 48.5 Å². The standard InChI is InChI=1S/C31H37N7O5S/c1-20(2)28-18-32-12-13-38(28)19-29(39)33-21-8-7-9-25(16-21)44(40,41)37-31-30(35-26-10-5-6-11-27(26)36-31)34-22-14-23(42-3)17-24(15-22)43-4/h5-11,14-17,20,28,32H,12-13,18-19H2,1-4H3,(H,33,39)(H,34,35)(H,36,37). The number of amides is 1. The van der Waals surface area contributed by atoms with Crippen molar-refractivity contribution in [2.45, 2.75) is 24.8 Å². The predicted molar refractivity (Wildman–Crippen MR) is 171 cm³/mol. The third kappa shape index (κ3) is 7.36. The van der Waals surface area contributed by atoms with Gasteiger partial charge in [-0.1, -0.05) is 32.0 Å². The molecular formula is C31H37N7O5S. The molecule has 1 saturated heterocycles. The molecule has 1 unspecified atom stereocenters. The van der Waals surface area contributed by atoms with Gasteiger partial charge >= 0.3 is 0 Å². The number of sulfonamides is 1. The third-order valence-electron chi connectivity index (χ3n) is 7.36. The molecule has 0 radical (unpaired) electrons. The van der Waals surface area contributed by atoms with Crippen molar-refractivity contribution >= 4 is 50.0 Å². The number of piperazine rings is 1. The third-order valence-corrected chi connectivity index (χ3v) is 8.70. The van der Waals surface area contributed by atoms with Crippen molar-refractivity contribution in [1.29, 1.82) is 0 Å². The van der Waals surface area contributed by atoms with Crippen molar-refractivity contribution in [3.05, 3.63) is 66.7 Å². The lowest BCUT2D eigenvalue weighted by molar-refractivity contribution is -0.118. The lowest BCUT2D eigenvalue weighted by atomic mass is 10.0. The van der Waals surface area contributed by atoms with Gasteiger partial charge in [0.25, 0.3) is 10.0 Å². The highest BCUT2D eigenvalue weighted by Crippen LogP contribution is 2.31. The molecule has 1 amide bonds. The minimum Gasteiger partial charge on any atom is -0.497 e. The Morgan fingerprint density at radius 3 is 2.30 bits per heavy atom. The molecule has 2 heterocycles. The number of methoxy groups -OCH3 is 2. The van der Waals surface area contributed by atoms with E-state index in [1.165, 1.54) is 26.4 Å². The molecule has 4 aromatic rings. The number of hydrogen-bond acceptors (Lipinski definition) is 10. The van der Waals surface area contributed by atoms with Gasteiger partial charge in [-0.2, -0.15) is 0 Å². The van der Waals surface area contributed by atoms with Gasteiger partial charge in [-0.25, -0.2) is 18.4 Å². The van der Waals surface area contributed by atoms with Gasteiger partial charge in [-0.15, -0.1) is 0 Å². The summed E-state index contributed by atoms with van der Waals surface area (Å²) in [5.41, 5.74) is 2.01. The summed E-state index contributed by atoms with van der Waals surface area (Å²) >= 11 is 0. The summed E-state index contributed by atoms with van der Waals surface area (Å²) in [4.78, 5) is 24.3. The summed E-state index contributed by atoms with van der Waals surface area (Å²) < 4.78 is 40.6. The highest BCUT2D eigenvalue weighted by Gasteiger charge is 2.27. The minimum atomic E-state index is -4.14. The number of ether oxygens (including phenoxy) is 2. The lowest BCUT2D eigenvalue weighted by Crippen LogP contribution is -2.55. The quantitative estimate of drug-likeness (QED) is 0.194. The summed E-state index contributed by atoms with van der Waals surface area (Å²) in [6, 6.07) is 18.7. The van der Waals surface area contributed by atoms with Gasteiger partial charge in [0, 0.05) is 55.2 Å². The fraction of sp³-hybridized carbons (Fsp3) is 0.323. The van der Waals surface area contributed by atoms with E-state index >= 15 is 0 Å². The van der Waals surface area contributed by atoms with Gasteiger partial charge in [0.1, 0.15) is 11.5 Å². The predicted octanol–water partition coefficient (Wildman–Crippen LogP) is 4.06. The van der Waals surface area contributed by atoms with Crippen LogP contribution >= 0.6 is 0 Å². The van der Waals surface area contributed by atoms with E-state index in [9.17, 15) is 13.2 Å². The zero-order valence-corrected chi connectivity index (χ0v) is 25.9. The first-order valence-corrected chi connectivity index (χ1v) is 15.8. The van der Waals surface area contributed by atoms with Gasteiger partial charge in [0.05, 0.1) is 36.7 Å². The summed E-state index contributed by atoms with van der Waals surface area (Å²) in [5.74, 6) is 1.44. The van der Waals surface area contributed by atoms with Crippen LogP contribution in [0.3, 0.4) is 0 Å². The molecule has 0 spiro atoms. The number of rotatable bonds is 11. The van der Waals surface area contributed by atoms with Crippen LogP contribution in [-0.2, 0) is 14.8 Å². The first kappa shape index (κ1) is 31.0. The number of carbonyl (C=O) groups excluding carboxylic acids is 1. The van der Waals surface area contributed by atoms with Crippen molar-refractivity contribution < 1.29 is 22.7 Å². The maximum absolute atomic E-state index is 13.6. The molecule has 1 fully saturated rings. The van der Waals surface area contributed by atoms with E-state index in [2.05, 4.69) is 49.4 Å². The molecule has 12 nitrogen and oxygen atoms in total. The molecule has 0 bridgehead atoms. The maximum Gasteiger partial charge on any atom is 0.263 e. The Kier molecular flexibility index (Phi) is 9.47. The monoisotopic (exact) mass is 619 g/mol. The Labute approximate surface area is 257 Å². The molecule has 1 atom stereocenters. The van der Waals surface area contributed by atoms with E-state index in [4.69, 9.17) is 9.47 Å². The van der Waals surface area contributed by atoms with E-state index in [0.717, 1.165) is 19.6 Å². The zero-order valence-electron chi connectivity index (χ0n) is 25.1. The van der Waals surface area contributed by atoms with Gasteiger partial charge in [-0.05, 0) is 36.2 Å². The van der Waals surface area contributed by atoms with Gasteiger partial charge in [0.2, 0.25) is 5.91 Å². The van der Waals surface area contributed by atoms with Crippen molar-refractivity contribution in [1.82, 2.24) is 20.2 Å². The van der Waals surface area contributed by atoms with E-state index in [1.807, 2.05) is 6.07 Å². The lowest BCUT2D eigenvalue weighted by Gasteiger charge is -2.38. The molecule has 5 rings (SSSR count). The molecule has 1 aromatic heterocycles. The van der Waals surface area contributed by atoms with Gasteiger partial charge in [0.15, 0.2) is 11.6 Å². The molecule has 1 aliphatic heterocycles. The Bertz CT molecular complexity index is 1730.